The predicted molar refractivity (Wildman–Crippen MR) is 86.0 cm³/mol. The Labute approximate surface area is 130 Å². The molecule has 19 heavy (non-hydrogen) atoms. The fourth-order valence-electron chi connectivity index (χ4n) is 1.81. The highest BCUT2D eigenvalue weighted by molar-refractivity contribution is 14.1. The van der Waals surface area contributed by atoms with Gasteiger partial charge in [0.25, 0.3) is 0 Å². The minimum absolute atomic E-state index is 0.132. The van der Waals surface area contributed by atoms with E-state index in [1.165, 1.54) is 12.1 Å². The Morgan fingerprint density at radius 1 is 1.16 bits per heavy atom. The smallest absolute Gasteiger partial charge is 0.121 e. The molecule has 2 aromatic rings. The summed E-state index contributed by atoms with van der Waals surface area (Å²) in [7, 11) is 0. The van der Waals surface area contributed by atoms with Crippen molar-refractivity contribution in [3.05, 3.63) is 50.6 Å². The van der Waals surface area contributed by atoms with Crippen LogP contribution in [0.2, 0.25) is 5.02 Å². The molecule has 0 fully saturated rings. The van der Waals surface area contributed by atoms with Crippen LogP contribution in [-0.4, -0.2) is 10.2 Å². The van der Waals surface area contributed by atoms with Gasteiger partial charge in [0.15, 0.2) is 0 Å². The molecular formula is C14H13ClINO2. The molecule has 2 rings (SSSR count). The number of benzene rings is 2. The SMILES string of the molecule is CC(Nc1ccc(Cl)cc1I)c1cc(O)ccc1O. The zero-order valence-corrected chi connectivity index (χ0v) is 13.1. The van der Waals surface area contributed by atoms with E-state index in [-0.39, 0.29) is 17.5 Å². The van der Waals surface area contributed by atoms with E-state index < -0.39 is 0 Å². The first-order chi connectivity index (χ1) is 8.97. The molecule has 0 bridgehead atoms. The minimum atomic E-state index is -0.137. The standard InChI is InChI=1S/C14H13ClINO2/c1-8(11-7-10(18)3-5-14(11)19)17-13-4-2-9(15)6-12(13)16/h2-8,17-19H,1H3. The molecule has 0 radical (unpaired) electrons. The number of hydrogen-bond acceptors (Lipinski definition) is 3. The molecule has 3 N–H and O–H groups in total. The summed E-state index contributed by atoms with van der Waals surface area (Å²) in [6.45, 7) is 1.92. The third-order valence-corrected chi connectivity index (χ3v) is 3.91. The Balaban J connectivity index is 2.25. The van der Waals surface area contributed by atoms with Gasteiger partial charge < -0.3 is 15.5 Å². The van der Waals surface area contributed by atoms with Crippen LogP contribution in [0.5, 0.6) is 11.5 Å². The molecule has 1 atom stereocenters. The van der Waals surface area contributed by atoms with E-state index in [0.717, 1.165) is 9.26 Å². The van der Waals surface area contributed by atoms with E-state index in [9.17, 15) is 10.2 Å². The molecule has 0 amide bonds. The lowest BCUT2D eigenvalue weighted by Crippen LogP contribution is -2.07. The molecule has 1 unspecified atom stereocenters. The Hall–Kier alpha value is -1.14. The van der Waals surface area contributed by atoms with Crippen molar-refractivity contribution in [1.82, 2.24) is 0 Å². The lowest BCUT2D eigenvalue weighted by molar-refractivity contribution is 0.451. The Bertz CT molecular complexity index is 604. The molecule has 3 nitrogen and oxygen atoms in total. The summed E-state index contributed by atoms with van der Waals surface area (Å²) < 4.78 is 0.997. The number of halogens is 2. The molecule has 0 heterocycles. The van der Waals surface area contributed by atoms with E-state index in [4.69, 9.17) is 11.6 Å². The molecule has 0 saturated heterocycles. The third-order valence-electron chi connectivity index (χ3n) is 2.78. The summed E-state index contributed by atoms with van der Waals surface area (Å²) in [5, 5.41) is 23.3. The first-order valence-electron chi connectivity index (χ1n) is 5.71. The first kappa shape index (κ1) is 14.3. The lowest BCUT2D eigenvalue weighted by atomic mass is 10.1. The van der Waals surface area contributed by atoms with Crippen molar-refractivity contribution >= 4 is 39.9 Å². The molecule has 5 heteroatoms. The maximum Gasteiger partial charge on any atom is 0.121 e. The molecule has 0 spiro atoms. The van der Waals surface area contributed by atoms with Gasteiger partial charge in [0.05, 0.1) is 6.04 Å². The summed E-state index contributed by atoms with van der Waals surface area (Å²) in [5.41, 5.74) is 1.57. The van der Waals surface area contributed by atoms with Crippen molar-refractivity contribution in [2.45, 2.75) is 13.0 Å². The van der Waals surface area contributed by atoms with Crippen LogP contribution in [0.25, 0.3) is 0 Å². The summed E-state index contributed by atoms with van der Waals surface area (Å²) in [4.78, 5) is 0. The largest absolute Gasteiger partial charge is 0.508 e. The van der Waals surface area contributed by atoms with Crippen LogP contribution in [0, 0.1) is 3.57 Å². The van der Waals surface area contributed by atoms with Crippen molar-refractivity contribution < 1.29 is 10.2 Å². The highest BCUT2D eigenvalue weighted by atomic mass is 127. The van der Waals surface area contributed by atoms with Gasteiger partial charge in [0.2, 0.25) is 0 Å². The van der Waals surface area contributed by atoms with Crippen LogP contribution in [0.3, 0.4) is 0 Å². The van der Waals surface area contributed by atoms with Crippen LogP contribution in [0.4, 0.5) is 5.69 Å². The Kier molecular flexibility index (Phi) is 4.42. The van der Waals surface area contributed by atoms with E-state index >= 15 is 0 Å². The fourth-order valence-corrected chi connectivity index (χ4v) is 2.83. The monoisotopic (exact) mass is 389 g/mol. The van der Waals surface area contributed by atoms with Gasteiger partial charge in [-0.1, -0.05) is 11.6 Å². The molecular weight excluding hydrogens is 377 g/mol. The number of phenolic OH excluding ortho intramolecular Hbond substituents is 2. The van der Waals surface area contributed by atoms with Crippen molar-refractivity contribution in [3.8, 4) is 11.5 Å². The number of anilines is 1. The second-order valence-corrected chi connectivity index (χ2v) is 5.83. The van der Waals surface area contributed by atoms with Gasteiger partial charge in [0.1, 0.15) is 11.5 Å². The third kappa shape index (κ3) is 3.45. The maximum absolute atomic E-state index is 9.82. The minimum Gasteiger partial charge on any atom is -0.508 e. The topological polar surface area (TPSA) is 52.5 Å². The van der Waals surface area contributed by atoms with E-state index in [0.29, 0.717) is 10.6 Å². The quantitative estimate of drug-likeness (QED) is 0.534. The Morgan fingerprint density at radius 2 is 1.89 bits per heavy atom. The molecule has 0 aliphatic heterocycles. The molecule has 100 valence electrons. The summed E-state index contributed by atoms with van der Waals surface area (Å²) in [6.07, 6.45) is 0. The van der Waals surface area contributed by atoms with Crippen molar-refractivity contribution in [1.29, 1.82) is 0 Å². The molecule has 2 aromatic carbocycles. The predicted octanol–water partition coefficient (Wildman–Crippen LogP) is 4.53. The average Bonchev–Trinajstić information content (AvgIpc) is 2.35. The van der Waals surface area contributed by atoms with Crippen molar-refractivity contribution in [2.24, 2.45) is 0 Å². The molecule has 0 saturated carbocycles. The van der Waals surface area contributed by atoms with E-state index in [1.54, 1.807) is 12.1 Å². The highest BCUT2D eigenvalue weighted by Gasteiger charge is 2.12. The maximum atomic E-state index is 9.82. The van der Waals surface area contributed by atoms with Crippen LogP contribution in [0.15, 0.2) is 36.4 Å². The molecule has 0 aliphatic rings. The van der Waals surface area contributed by atoms with Gasteiger partial charge in [-0.05, 0) is 65.9 Å². The number of phenols is 2. The fraction of sp³-hybridized carbons (Fsp3) is 0.143. The van der Waals surface area contributed by atoms with Crippen LogP contribution >= 0.6 is 34.2 Å². The van der Waals surface area contributed by atoms with Crippen molar-refractivity contribution in [3.63, 3.8) is 0 Å². The normalized spacial score (nSPS) is 12.2. The highest BCUT2D eigenvalue weighted by Crippen LogP contribution is 2.31. The van der Waals surface area contributed by atoms with E-state index in [2.05, 4.69) is 27.9 Å². The van der Waals surface area contributed by atoms with Gasteiger partial charge in [-0.2, -0.15) is 0 Å². The van der Waals surface area contributed by atoms with Crippen LogP contribution in [0.1, 0.15) is 18.5 Å². The zero-order valence-electron chi connectivity index (χ0n) is 10.2. The van der Waals surface area contributed by atoms with Crippen molar-refractivity contribution in [2.75, 3.05) is 5.32 Å². The summed E-state index contributed by atoms with van der Waals surface area (Å²) in [6, 6.07) is 9.91. The van der Waals surface area contributed by atoms with Gasteiger partial charge in [-0.15, -0.1) is 0 Å². The summed E-state index contributed by atoms with van der Waals surface area (Å²) >= 11 is 8.11. The van der Waals surface area contributed by atoms with Gasteiger partial charge >= 0.3 is 0 Å². The average molecular weight is 390 g/mol. The molecule has 0 aliphatic carbocycles. The summed E-state index contributed by atoms with van der Waals surface area (Å²) in [5.74, 6) is 0.286. The molecule has 0 aromatic heterocycles. The van der Waals surface area contributed by atoms with Gasteiger partial charge in [-0.25, -0.2) is 0 Å². The zero-order chi connectivity index (χ0) is 14.0. The van der Waals surface area contributed by atoms with E-state index in [1.807, 2.05) is 19.1 Å². The first-order valence-corrected chi connectivity index (χ1v) is 7.16. The van der Waals surface area contributed by atoms with Crippen LogP contribution in [-0.2, 0) is 0 Å². The lowest BCUT2D eigenvalue weighted by Gasteiger charge is -2.18. The number of aromatic hydroxyl groups is 2. The number of rotatable bonds is 3. The van der Waals surface area contributed by atoms with Gasteiger partial charge in [-0.3, -0.25) is 0 Å². The van der Waals surface area contributed by atoms with Gasteiger partial charge in [0, 0.05) is 19.8 Å². The number of hydrogen-bond donors (Lipinski definition) is 3. The second kappa shape index (κ2) is 5.88. The number of nitrogens with one attached hydrogen (secondary N) is 1. The van der Waals surface area contributed by atoms with Crippen LogP contribution < -0.4 is 5.32 Å². The second-order valence-electron chi connectivity index (χ2n) is 4.23. The Morgan fingerprint density at radius 3 is 2.58 bits per heavy atom.